The maximum atomic E-state index is 12.3. The highest BCUT2D eigenvalue weighted by Crippen LogP contribution is 2.18. The normalized spacial score (nSPS) is 15.9. The maximum absolute atomic E-state index is 12.3. The average Bonchev–Trinajstić information content (AvgIpc) is 3.25. The quantitative estimate of drug-likeness (QED) is 0.488. The highest BCUT2D eigenvalue weighted by atomic mass is 16.6. The van der Waals surface area contributed by atoms with Crippen LogP contribution < -0.4 is 9.47 Å². The minimum atomic E-state index is -0.478. The van der Waals surface area contributed by atoms with Crippen molar-refractivity contribution in [3.63, 3.8) is 0 Å². The fourth-order valence-corrected chi connectivity index (χ4v) is 2.80. The summed E-state index contributed by atoms with van der Waals surface area (Å²) in [6.07, 6.45) is 1.89. The lowest BCUT2D eigenvalue weighted by Crippen LogP contribution is -2.17. The zero-order chi connectivity index (χ0) is 20.6. The summed E-state index contributed by atoms with van der Waals surface area (Å²) in [5.41, 5.74) is 0.816. The summed E-state index contributed by atoms with van der Waals surface area (Å²) in [7, 11) is 0. The van der Waals surface area contributed by atoms with Crippen molar-refractivity contribution in [1.82, 2.24) is 0 Å². The summed E-state index contributed by atoms with van der Waals surface area (Å²) in [6.45, 7) is 5.73. The molecule has 2 aromatic rings. The Morgan fingerprint density at radius 2 is 1.59 bits per heavy atom. The lowest BCUT2D eigenvalue weighted by molar-refractivity contribution is 0.0161. The molecule has 154 valence electrons. The van der Waals surface area contributed by atoms with E-state index in [1.165, 1.54) is 0 Å². The Morgan fingerprint density at radius 3 is 2.17 bits per heavy atom. The minimum Gasteiger partial charge on any atom is -0.493 e. The summed E-state index contributed by atoms with van der Waals surface area (Å²) >= 11 is 0. The molecule has 1 unspecified atom stereocenters. The smallest absolute Gasteiger partial charge is 0.343 e. The van der Waals surface area contributed by atoms with Crippen molar-refractivity contribution < 1.29 is 28.5 Å². The van der Waals surface area contributed by atoms with Crippen molar-refractivity contribution in [3.05, 3.63) is 59.7 Å². The predicted octanol–water partition coefficient (Wildman–Crippen LogP) is 4.28. The van der Waals surface area contributed by atoms with Gasteiger partial charge in [-0.2, -0.15) is 0 Å². The molecule has 1 fully saturated rings. The van der Waals surface area contributed by atoms with Crippen LogP contribution in [0.5, 0.6) is 11.5 Å². The van der Waals surface area contributed by atoms with Gasteiger partial charge < -0.3 is 18.9 Å². The van der Waals surface area contributed by atoms with Gasteiger partial charge in [0, 0.05) is 6.61 Å². The third-order valence-electron chi connectivity index (χ3n) is 4.40. The standard InChI is InChI=1S/C23H26O6/c1-16(2)14-27-19-9-5-18(6-10-19)23(25)29-20-11-7-17(8-12-20)22(24)28-15-21-4-3-13-26-21/h5-12,16,21H,3-4,13-15H2,1-2H3. The largest absolute Gasteiger partial charge is 0.493 e. The van der Waals surface area contributed by atoms with Gasteiger partial charge in [0.2, 0.25) is 0 Å². The third kappa shape index (κ3) is 6.32. The van der Waals surface area contributed by atoms with Crippen LogP contribution in [0.25, 0.3) is 0 Å². The van der Waals surface area contributed by atoms with Crippen molar-refractivity contribution in [3.8, 4) is 11.5 Å². The van der Waals surface area contributed by atoms with Crippen LogP contribution in [-0.4, -0.2) is 37.9 Å². The topological polar surface area (TPSA) is 71.1 Å². The average molecular weight is 398 g/mol. The number of carbonyl (C=O) groups is 2. The first-order valence-corrected chi connectivity index (χ1v) is 9.85. The number of ether oxygens (including phenoxy) is 4. The molecule has 2 aromatic carbocycles. The summed E-state index contributed by atoms with van der Waals surface area (Å²) in [6, 6.07) is 13.1. The van der Waals surface area contributed by atoms with E-state index < -0.39 is 11.9 Å². The molecule has 1 heterocycles. The van der Waals surface area contributed by atoms with E-state index in [0.717, 1.165) is 19.4 Å². The number of rotatable bonds is 8. The van der Waals surface area contributed by atoms with E-state index in [0.29, 0.717) is 35.2 Å². The van der Waals surface area contributed by atoms with Crippen LogP contribution in [0, 0.1) is 5.92 Å². The van der Waals surface area contributed by atoms with Crippen LogP contribution in [0.2, 0.25) is 0 Å². The number of benzene rings is 2. The van der Waals surface area contributed by atoms with E-state index in [1.54, 1.807) is 48.5 Å². The Labute approximate surface area is 170 Å². The molecule has 0 aliphatic carbocycles. The first-order chi connectivity index (χ1) is 14.0. The molecule has 0 spiro atoms. The monoisotopic (exact) mass is 398 g/mol. The van der Waals surface area contributed by atoms with Crippen LogP contribution in [0.3, 0.4) is 0 Å². The third-order valence-corrected chi connectivity index (χ3v) is 4.40. The van der Waals surface area contributed by atoms with Gasteiger partial charge in [-0.25, -0.2) is 9.59 Å². The van der Waals surface area contributed by atoms with Crippen molar-refractivity contribution in [2.75, 3.05) is 19.8 Å². The van der Waals surface area contributed by atoms with E-state index in [1.807, 2.05) is 0 Å². The van der Waals surface area contributed by atoms with E-state index in [9.17, 15) is 9.59 Å². The van der Waals surface area contributed by atoms with Crippen LogP contribution >= 0.6 is 0 Å². The van der Waals surface area contributed by atoms with Gasteiger partial charge in [-0.15, -0.1) is 0 Å². The van der Waals surface area contributed by atoms with Gasteiger partial charge in [0.1, 0.15) is 18.1 Å². The molecule has 0 aromatic heterocycles. The Morgan fingerprint density at radius 1 is 0.966 bits per heavy atom. The molecule has 1 aliphatic heterocycles. The highest BCUT2D eigenvalue weighted by molar-refractivity contribution is 5.92. The number of hydrogen-bond donors (Lipinski definition) is 0. The Hall–Kier alpha value is -2.86. The van der Waals surface area contributed by atoms with E-state index >= 15 is 0 Å². The zero-order valence-corrected chi connectivity index (χ0v) is 16.8. The fraction of sp³-hybridized carbons (Fsp3) is 0.391. The van der Waals surface area contributed by atoms with E-state index in [-0.39, 0.29) is 12.7 Å². The molecule has 1 atom stereocenters. The van der Waals surface area contributed by atoms with Gasteiger partial charge in [-0.1, -0.05) is 13.8 Å². The predicted molar refractivity (Wildman–Crippen MR) is 107 cm³/mol. The summed E-state index contributed by atoms with van der Waals surface area (Å²) in [5, 5.41) is 0. The van der Waals surface area contributed by atoms with Crippen molar-refractivity contribution in [2.45, 2.75) is 32.8 Å². The second-order valence-corrected chi connectivity index (χ2v) is 7.38. The lowest BCUT2D eigenvalue weighted by Gasteiger charge is -2.11. The Kier molecular flexibility index (Phi) is 7.25. The second kappa shape index (κ2) is 10.1. The van der Waals surface area contributed by atoms with Crippen LogP contribution in [0.1, 0.15) is 47.4 Å². The van der Waals surface area contributed by atoms with Gasteiger partial charge in [0.15, 0.2) is 0 Å². The van der Waals surface area contributed by atoms with Gasteiger partial charge in [0.25, 0.3) is 0 Å². The molecular formula is C23H26O6. The first-order valence-electron chi connectivity index (χ1n) is 9.85. The SMILES string of the molecule is CC(C)COc1ccc(C(=O)Oc2ccc(C(=O)OCC3CCCO3)cc2)cc1. The van der Waals surface area contributed by atoms with Crippen LogP contribution in [-0.2, 0) is 9.47 Å². The lowest BCUT2D eigenvalue weighted by atomic mass is 10.2. The minimum absolute atomic E-state index is 0.0126. The molecule has 29 heavy (non-hydrogen) atoms. The van der Waals surface area contributed by atoms with Crippen molar-refractivity contribution in [1.29, 1.82) is 0 Å². The molecule has 0 radical (unpaired) electrons. The summed E-state index contributed by atoms with van der Waals surface area (Å²) in [5.74, 6) is 0.590. The Balaban J connectivity index is 1.50. The number of hydrogen-bond acceptors (Lipinski definition) is 6. The maximum Gasteiger partial charge on any atom is 0.343 e. The fourth-order valence-electron chi connectivity index (χ4n) is 2.80. The molecule has 0 saturated carbocycles. The molecule has 0 bridgehead atoms. The second-order valence-electron chi connectivity index (χ2n) is 7.38. The molecule has 3 rings (SSSR count). The van der Waals surface area contributed by atoms with Crippen LogP contribution in [0.15, 0.2) is 48.5 Å². The van der Waals surface area contributed by atoms with Gasteiger partial charge in [-0.05, 0) is 67.3 Å². The van der Waals surface area contributed by atoms with E-state index in [2.05, 4.69) is 13.8 Å². The summed E-state index contributed by atoms with van der Waals surface area (Å²) < 4.78 is 21.7. The van der Waals surface area contributed by atoms with Gasteiger partial charge in [-0.3, -0.25) is 0 Å². The molecular weight excluding hydrogens is 372 g/mol. The molecule has 1 aliphatic rings. The van der Waals surface area contributed by atoms with Gasteiger partial charge >= 0.3 is 11.9 Å². The molecule has 0 amide bonds. The first kappa shape index (κ1) is 20.9. The van der Waals surface area contributed by atoms with Crippen LogP contribution in [0.4, 0.5) is 0 Å². The zero-order valence-electron chi connectivity index (χ0n) is 16.8. The van der Waals surface area contributed by atoms with Crippen molar-refractivity contribution >= 4 is 11.9 Å². The molecule has 6 heteroatoms. The summed E-state index contributed by atoms with van der Waals surface area (Å²) in [4.78, 5) is 24.4. The highest BCUT2D eigenvalue weighted by Gasteiger charge is 2.18. The molecule has 1 saturated heterocycles. The molecule has 0 N–H and O–H groups in total. The number of carbonyl (C=O) groups excluding carboxylic acids is 2. The Bertz CT molecular complexity index is 804. The molecule has 6 nitrogen and oxygen atoms in total. The number of esters is 2. The van der Waals surface area contributed by atoms with E-state index in [4.69, 9.17) is 18.9 Å². The van der Waals surface area contributed by atoms with Crippen molar-refractivity contribution in [2.24, 2.45) is 5.92 Å². The van der Waals surface area contributed by atoms with Gasteiger partial charge in [0.05, 0.1) is 23.8 Å².